The van der Waals surface area contributed by atoms with E-state index in [9.17, 15) is 13.9 Å². The fraction of sp³-hybridized carbons (Fsp3) is 0.571. The summed E-state index contributed by atoms with van der Waals surface area (Å²) in [7, 11) is 4.04. The molecule has 0 aliphatic heterocycles. The van der Waals surface area contributed by atoms with Crippen molar-refractivity contribution >= 4 is 0 Å². The number of benzene rings is 1. The molecule has 0 heterocycles. The molecule has 5 heteroatoms. The minimum Gasteiger partial charge on any atom is -0.387 e. The van der Waals surface area contributed by atoms with Crippen LogP contribution in [0.2, 0.25) is 0 Å². The fourth-order valence-electron chi connectivity index (χ4n) is 1.80. The molecular weight excluding hydrogens is 250 g/mol. The zero-order chi connectivity index (χ0) is 14.3. The second-order valence-electron chi connectivity index (χ2n) is 4.90. The van der Waals surface area contributed by atoms with Crippen molar-refractivity contribution in [2.24, 2.45) is 0 Å². The molecule has 0 saturated heterocycles. The number of hydrogen-bond donors (Lipinski definition) is 2. The van der Waals surface area contributed by atoms with Gasteiger partial charge in [-0.25, -0.2) is 8.78 Å². The molecule has 0 radical (unpaired) electrons. The van der Waals surface area contributed by atoms with Crippen LogP contribution in [0.4, 0.5) is 8.78 Å². The van der Waals surface area contributed by atoms with Crippen molar-refractivity contribution in [2.75, 3.05) is 33.7 Å². The van der Waals surface area contributed by atoms with Gasteiger partial charge in [-0.05, 0) is 58.2 Å². The Labute approximate surface area is 113 Å². The third-order valence-corrected chi connectivity index (χ3v) is 2.86. The average molecular weight is 272 g/mol. The quantitative estimate of drug-likeness (QED) is 0.710. The zero-order valence-corrected chi connectivity index (χ0v) is 11.5. The van der Waals surface area contributed by atoms with Crippen LogP contribution >= 0.6 is 0 Å². The molecule has 0 bridgehead atoms. The molecule has 0 aromatic heterocycles. The number of aliphatic hydroxyl groups is 1. The van der Waals surface area contributed by atoms with Gasteiger partial charge in [0.05, 0.1) is 6.10 Å². The Balaban J connectivity index is 2.27. The van der Waals surface area contributed by atoms with Crippen molar-refractivity contribution in [3.05, 3.63) is 35.4 Å². The summed E-state index contributed by atoms with van der Waals surface area (Å²) in [4.78, 5) is 2.11. The van der Waals surface area contributed by atoms with Gasteiger partial charge in [0.15, 0.2) is 0 Å². The van der Waals surface area contributed by atoms with E-state index in [-0.39, 0.29) is 12.1 Å². The predicted molar refractivity (Wildman–Crippen MR) is 72.0 cm³/mol. The van der Waals surface area contributed by atoms with Gasteiger partial charge >= 0.3 is 0 Å². The summed E-state index contributed by atoms with van der Waals surface area (Å²) >= 11 is 0. The van der Waals surface area contributed by atoms with E-state index < -0.39 is 17.7 Å². The minimum absolute atomic E-state index is 0.000733. The molecule has 0 aliphatic rings. The Morgan fingerprint density at radius 2 is 2.00 bits per heavy atom. The number of nitrogens with one attached hydrogen (secondary N) is 1. The van der Waals surface area contributed by atoms with E-state index in [2.05, 4.69) is 10.2 Å². The Morgan fingerprint density at radius 3 is 2.68 bits per heavy atom. The second-order valence-corrected chi connectivity index (χ2v) is 4.90. The van der Waals surface area contributed by atoms with Crippen LogP contribution in [-0.2, 0) is 0 Å². The number of unbranched alkanes of at least 4 members (excludes halogenated alkanes) is 1. The molecule has 1 rings (SSSR count). The van der Waals surface area contributed by atoms with Crippen molar-refractivity contribution in [3.8, 4) is 0 Å². The molecule has 1 atom stereocenters. The predicted octanol–water partition coefficient (Wildman–Crippen LogP) is 1.93. The molecular formula is C14H22F2N2O. The molecule has 1 unspecified atom stereocenters. The fourth-order valence-corrected chi connectivity index (χ4v) is 1.80. The minimum atomic E-state index is -1.02. The Morgan fingerprint density at radius 1 is 1.26 bits per heavy atom. The monoisotopic (exact) mass is 272 g/mol. The summed E-state index contributed by atoms with van der Waals surface area (Å²) in [6, 6.07) is 3.11. The second kappa shape index (κ2) is 8.19. The van der Waals surface area contributed by atoms with Crippen LogP contribution < -0.4 is 5.32 Å². The first-order valence-electron chi connectivity index (χ1n) is 6.49. The zero-order valence-electron chi connectivity index (χ0n) is 11.5. The number of hydrogen-bond acceptors (Lipinski definition) is 3. The summed E-state index contributed by atoms with van der Waals surface area (Å²) in [6.45, 7) is 1.99. The average Bonchev–Trinajstić information content (AvgIpc) is 2.36. The third-order valence-electron chi connectivity index (χ3n) is 2.86. The number of rotatable bonds is 8. The highest BCUT2D eigenvalue weighted by Crippen LogP contribution is 2.17. The van der Waals surface area contributed by atoms with Crippen LogP contribution in [0.15, 0.2) is 18.2 Å². The first-order chi connectivity index (χ1) is 9.00. The van der Waals surface area contributed by atoms with Crippen molar-refractivity contribution < 1.29 is 13.9 Å². The van der Waals surface area contributed by atoms with Crippen molar-refractivity contribution in [1.29, 1.82) is 0 Å². The molecule has 19 heavy (non-hydrogen) atoms. The molecule has 0 aliphatic carbocycles. The lowest BCUT2D eigenvalue weighted by molar-refractivity contribution is 0.169. The maximum absolute atomic E-state index is 13.4. The van der Waals surface area contributed by atoms with E-state index in [1.54, 1.807) is 0 Å². The van der Waals surface area contributed by atoms with Crippen molar-refractivity contribution in [3.63, 3.8) is 0 Å². The first-order valence-corrected chi connectivity index (χ1v) is 6.49. The number of halogens is 2. The van der Waals surface area contributed by atoms with Gasteiger partial charge in [0.2, 0.25) is 0 Å². The van der Waals surface area contributed by atoms with Gasteiger partial charge < -0.3 is 15.3 Å². The van der Waals surface area contributed by atoms with E-state index in [0.717, 1.165) is 44.1 Å². The van der Waals surface area contributed by atoms with Gasteiger partial charge in [-0.2, -0.15) is 0 Å². The molecule has 0 fully saturated rings. The smallest absolute Gasteiger partial charge is 0.129 e. The first kappa shape index (κ1) is 16.0. The van der Waals surface area contributed by atoms with E-state index in [1.807, 2.05) is 14.1 Å². The van der Waals surface area contributed by atoms with E-state index in [0.29, 0.717) is 0 Å². The molecule has 108 valence electrons. The Kier molecular flexibility index (Phi) is 6.91. The molecule has 0 spiro atoms. The van der Waals surface area contributed by atoms with Crippen LogP contribution in [0.25, 0.3) is 0 Å². The molecule has 0 saturated carbocycles. The Bertz CT molecular complexity index is 386. The van der Waals surface area contributed by atoms with Crippen LogP contribution in [0.1, 0.15) is 24.5 Å². The van der Waals surface area contributed by atoms with E-state index >= 15 is 0 Å². The lowest BCUT2D eigenvalue weighted by Crippen LogP contribution is -2.24. The topological polar surface area (TPSA) is 35.5 Å². The largest absolute Gasteiger partial charge is 0.387 e. The van der Waals surface area contributed by atoms with Gasteiger partial charge in [-0.3, -0.25) is 0 Å². The summed E-state index contributed by atoms with van der Waals surface area (Å²) < 4.78 is 26.3. The van der Waals surface area contributed by atoms with Gasteiger partial charge in [0.1, 0.15) is 11.6 Å². The maximum Gasteiger partial charge on any atom is 0.129 e. The molecule has 0 amide bonds. The molecule has 1 aromatic carbocycles. The molecule has 1 aromatic rings. The standard InChI is InChI=1S/C14H22F2N2O/c1-18(2)8-4-3-7-17-10-14(19)12-9-11(15)5-6-13(12)16/h5-6,9,14,17,19H,3-4,7-8,10H2,1-2H3. The van der Waals surface area contributed by atoms with Gasteiger partial charge in [0, 0.05) is 12.1 Å². The van der Waals surface area contributed by atoms with Gasteiger partial charge in [0.25, 0.3) is 0 Å². The third kappa shape index (κ3) is 6.09. The molecule has 2 N–H and O–H groups in total. The summed E-state index contributed by atoms with van der Waals surface area (Å²) in [5.74, 6) is -1.12. The highest BCUT2D eigenvalue weighted by molar-refractivity contribution is 5.21. The van der Waals surface area contributed by atoms with Crippen LogP contribution in [0.3, 0.4) is 0 Å². The highest BCUT2D eigenvalue weighted by Gasteiger charge is 2.13. The van der Waals surface area contributed by atoms with Crippen LogP contribution in [0.5, 0.6) is 0 Å². The van der Waals surface area contributed by atoms with E-state index in [4.69, 9.17) is 0 Å². The number of nitrogens with zero attached hydrogens (tertiary/aromatic N) is 1. The normalized spacial score (nSPS) is 12.9. The van der Waals surface area contributed by atoms with Crippen molar-refractivity contribution in [2.45, 2.75) is 18.9 Å². The van der Waals surface area contributed by atoms with Crippen LogP contribution in [0, 0.1) is 11.6 Å². The van der Waals surface area contributed by atoms with E-state index in [1.165, 1.54) is 0 Å². The van der Waals surface area contributed by atoms with Crippen LogP contribution in [-0.4, -0.2) is 43.7 Å². The summed E-state index contributed by atoms with van der Waals surface area (Å²) in [5.41, 5.74) is 0.000733. The Hall–Kier alpha value is -1.04. The number of aliphatic hydroxyl groups excluding tert-OH is 1. The molecule has 3 nitrogen and oxygen atoms in total. The lowest BCUT2D eigenvalue weighted by Gasteiger charge is -2.14. The van der Waals surface area contributed by atoms with Crippen molar-refractivity contribution in [1.82, 2.24) is 10.2 Å². The lowest BCUT2D eigenvalue weighted by atomic mass is 10.1. The SMILES string of the molecule is CN(C)CCCCNCC(O)c1cc(F)ccc1F. The maximum atomic E-state index is 13.4. The van der Waals surface area contributed by atoms with Gasteiger partial charge in [-0.15, -0.1) is 0 Å². The highest BCUT2D eigenvalue weighted by atomic mass is 19.1. The summed E-state index contributed by atoms with van der Waals surface area (Å²) in [6.07, 6.45) is 1.02. The summed E-state index contributed by atoms with van der Waals surface area (Å²) in [5, 5.41) is 12.8. The van der Waals surface area contributed by atoms with Gasteiger partial charge in [-0.1, -0.05) is 0 Å².